The number of benzene rings is 3. The highest BCUT2D eigenvalue weighted by Gasteiger charge is 2.47. The third-order valence-corrected chi connectivity index (χ3v) is 6.61. The van der Waals surface area contributed by atoms with Gasteiger partial charge in [-0.1, -0.05) is 66.7 Å². The predicted molar refractivity (Wildman–Crippen MR) is 138 cm³/mol. The van der Waals surface area contributed by atoms with Crippen LogP contribution in [0, 0.1) is 0 Å². The lowest BCUT2D eigenvalue weighted by Gasteiger charge is -2.22. The minimum Gasteiger partial charge on any atom is -0.497 e. The van der Waals surface area contributed by atoms with Gasteiger partial charge in [-0.2, -0.15) is 0 Å². The summed E-state index contributed by atoms with van der Waals surface area (Å²) in [7, 11) is 1.61. The number of aryl methyl sites for hydroxylation is 1. The molecule has 0 saturated carbocycles. The fraction of sp³-hybridized carbons (Fsp3) is 0.276. The Morgan fingerprint density at radius 1 is 0.972 bits per heavy atom. The lowest BCUT2D eigenvalue weighted by Crippen LogP contribution is -2.45. The quantitative estimate of drug-likeness (QED) is 0.438. The van der Waals surface area contributed by atoms with Crippen LogP contribution in [0.15, 0.2) is 78.9 Å². The Morgan fingerprint density at radius 2 is 1.61 bits per heavy atom. The van der Waals surface area contributed by atoms with Crippen LogP contribution in [0.4, 0.5) is 4.79 Å². The van der Waals surface area contributed by atoms with Crippen molar-refractivity contribution in [2.75, 3.05) is 13.7 Å². The molecule has 3 aromatic carbocycles. The van der Waals surface area contributed by atoms with Crippen molar-refractivity contribution in [1.29, 1.82) is 0 Å². The first kappa shape index (κ1) is 25.0. The van der Waals surface area contributed by atoms with E-state index in [0.717, 1.165) is 32.9 Å². The van der Waals surface area contributed by atoms with Crippen LogP contribution < -0.4 is 15.4 Å². The number of nitrogens with zero attached hydrogens (tertiary/aromatic N) is 1. The molecule has 7 heteroatoms. The molecule has 1 aliphatic heterocycles. The van der Waals surface area contributed by atoms with E-state index >= 15 is 0 Å². The van der Waals surface area contributed by atoms with Gasteiger partial charge in [0, 0.05) is 0 Å². The number of imide groups is 1. The summed E-state index contributed by atoms with van der Waals surface area (Å²) in [6, 6.07) is 24.8. The molecule has 0 aliphatic carbocycles. The Labute approximate surface area is 211 Å². The van der Waals surface area contributed by atoms with E-state index in [1.54, 1.807) is 14.0 Å². The number of ether oxygens (including phenoxy) is 1. The molecule has 186 valence electrons. The molecule has 4 amide bonds. The Balaban J connectivity index is 1.33. The van der Waals surface area contributed by atoms with Gasteiger partial charge in [0.25, 0.3) is 5.91 Å². The highest BCUT2D eigenvalue weighted by Crippen LogP contribution is 2.25. The van der Waals surface area contributed by atoms with Gasteiger partial charge >= 0.3 is 6.03 Å². The summed E-state index contributed by atoms with van der Waals surface area (Å²) in [6.07, 6.45) is 1.02. The van der Waals surface area contributed by atoms with Crippen molar-refractivity contribution >= 4 is 17.8 Å². The van der Waals surface area contributed by atoms with Crippen LogP contribution >= 0.6 is 0 Å². The van der Waals surface area contributed by atoms with Crippen LogP contribution in [-0.2, 0) is 16.0 Å². The van der Waals surface area contributed by atoms with E-state index in [1.807, 2.05) is 85.8 Å². The zero-order valence-electron chi connectivity index (χ0n) is 20.8. The van der Waals surface area contributed by atoms with E-state index in [2.05, 4.69) is 10.6 Å². The first-order valence-electron chi connectivity index (χ1n) is 12.0. The first-order valence-corrected chi connectivity index (χ1v) is 12.0. The number of hydrogen-bond acceptors (Lipinski definition) is 4. The number of carbonyl (C=O) groups excluding carboxylic acids is 3. The maximum atomic E-state index is 13.1. The standard InChI is InChI=1S/C29H31N3O4/c1-20(22-11-13-24(14-12-22)23-7-5-4-6-8-23)30-26(33)19-32-27(34)29(2,31-28(32)35)18-17-21-9-15-25(36-3)16-10-21/h4-16,20H,17-19H2,1-3H3,(H,30,33)(H,31,35)/t20-,29+/m1/s1. The monoisotopic (exact) mass is 485 g/mol. The Kier molecular flexibility index (Phi) is 7.38. The molecule has 4 rings (SSSR count). The number of methoxy groups -OCH3 is 1. The topological polar surface area (TPSA) is 87.7 Å². The molecule has 1 fully saturated rings. The van der Waals surface area contributed by atoms with Gasteiger partial charge in [-0.25, -0.2) is 4.79 Å². The molecule has 0 spiro atoms. The van der Waals surface area contributed by atoms with Gasteiger partial charge in [0.1, 0.15) is 17.8 Å². The summed E-state index contributed by atoms with van der Waals surface area (Å²) in [5.41, 5.74) is 3.11. The second-order valence-electron chi connectivity index (χ2n) is 9.28. The summed E-state index contributed by atoms with van der Waals surface area (Å²) in [4.78, 5) is 39.3. The van der Waals surface area contributed by atoms with Crippen molar-refractivity contribution in [1.82, 2.24) is 15.5 Å². The Hall–Kier alpha value is -4.13. The highest BCUT2D eigenvalue weighted by molar-refractivity contribution is 6.08. The molecule has 0 bridgehead atoms. The molecule has 0 radical (unpaired) electrons. The molecule has 2 atom stereocenters. The molecule has 1 aliphatic rings. The van der Waals surface area contributed by atoms with Crippen molar-refractivity contribution in [3.05, 3.63) is 90.0 Å². The molecule has 0 unspecified atom stereocenters. The molecule has 36 heavy (non-hydrogen) atoms. The number of amides is 4. The number of urea groups is 1. The Morgan fingerprint density at radius 3 is 2.25 bits per heavy atom. The number of hydrogen-bond donors (Lipinski definition) is 2. The van der Waals surface area contributed by atoms with Crippen molar-refractivity contribution in [3.8, 4) is 16.9 Å². The van der Waals surface area contributed by atoms with Crippen LogP contribution in [0.25, 0.3) is 11.1 Å². The molecule has 1 saturated heterocycles. The molecule has 3 aromatic rings. The average molecular weight is 486 g/mol. The molecule has 7 nitrogen and oxygen atoms in total. The van der Waals surface area contributed by atoms with Gasteiger partial charge in [-0.05, 0) is 61.1 Å². The van der Waals surface area contributed by atoms with Gasteiger partial charge in [-0.15, -0.1) is 0 Å². The number of nitrogens with one attached hydrogen (secondary N) is 2. The van der Waals surface area contributed by atoms with Gasteiger partial charge in [0.15, 0.2) is 0 Å². The van der Waals surface area contributed by atoms with Crippen LogP contribution in [-0.4, -0.2) is 41.9 Å². The molecular weight excluding hydrogens is 454 g/mol. The predicted octanol–water partition coefficient (Wildman–Crippen LogP) is 4.48. The van der Waals surface area contributed by atoms with Gasteiger partial charge < -0.3 is 15.4 Å². The van der Waals surface area contributed by atoms with Gasteiger partial charge in [0.2, 0.25) is 5.91 Å². The van der Waals surface area contributed by atoms with E-state index in [4.69, 9.17) is 4.74 Å². The zero-order valence-corrected chi connectivity index (χ0v) is 20.8. The minimum absolute atomic E-state index is 0.274. The second kappa shape index (κ2) is 10.6. The molecule has 1 heterocycles. The van der Waals surface area contributed by atoms with Crippen LogP contribution in [0.2, 0.25) is 0 Å². The normalized spacial score (nSPS) is 18.0. The van der Waals surface area contributed by atoms with Crippen molar-refractivity contribution in [2.45, 2.75) is 38.3 Å². The van der Waals surface area contributed by atoms with Gasteiger partial charge in [-0.3, -0.25) is 14.5 Å². The largest absolute Gasteiger partial charge is 0.497 e. The highest BCUT2D eigenvalue weighted by atomic mass is 16.5. The summed E-state index contributed by atoms with van der Waals surface area (Å²) in [5.74, 6) is -0.0256. The number of rotatable bonds is 9. The fourth-order valence-corrected chi connectivity index (χ4v) is 4.36. The molecule has 0 aromatic heterocycles. The first-order chi connectivity index (χ1) is 17.3. The minimum atomic E-state index is -1.06. The molecule has 2 N–H and O–H groups in total. The van der Waals surface area contributed by atoms with Crippen LogP contribution in [0.1, 0.15) is 37.4 Å². The third kappa shape index (κ3) is 5.57. The summed E-state index contributed by atoms with van der Waals surface area (Å²) in [6.45, 7) is 3.25. The number of carbonyl (C=O) groups is 3. The summed E-state index contributed by atoms with van der Waals surface area (Å²) in [5, 5.41) is 5.66. The summed E-state index contributed by atoms with van der Waals surface area (Å²) < 4.78 is 5.17. The van der Waals surface area contributed by atoms with Crippen molar-refractivity contribution < 1.29 is 19.1 Å². The van der Waals surface area contributed by atoms with E-state index in [1.165, 1.54) is 0 Å². The van der Waals surface area contributed by atoms with Gasteiger partial charge in [0.05, 0.1) is 13.2 Å². The maximum absolute atomic E-state index is 13.1. The molecular formula is C29H31N3O4. The van der Waals surface area contributed by atoms with Crippen LogP contribution in [0.3, 0.4) is 0 Å². The third-order valence-electron chi connectivity index (χ3n) is 6.61. The van der Waals surface area contributed by atoms with E-state index in [9.17, 15) is 14.4 Å². The fourth-order valence-electron chi connectivity index (χ4n) is 4.36. The van der Waals surface area contributed by atoms with Crippen LogP contribution in [0.5, 0.6) is 5.75 Å². The lowest BCUT2D eigenvalue weighted by molar-refractivity contribution is -0.134. The second-order valence-corrected chi connectivity index (χ2v) is 9.28. The van der Waals surface area contributed by atoms with Crippen molar-refractivity contribution in [2.24, 2.45) is 0 Å². The van der Waals surface area contributed by atoms with E-state index < -0.39 is 23.4 Å². The average Bonchev–Trinajstić information content (AvgIpc) is 3.11. The van der Waals surface area contributed by atoms with E-state index in [0.29, 0.717) is 12.8 Å². The van der Waals surface area contributed by atoms with E-state index in [-0.39, 0.29) is 12.6 Å². The van der Waals surface area contributed by atoms with Crippen molar-refractivity contribution in [3.63, 3.8) is 0 Å². The maximum Gasteiger partial charge on any atom is 0.325 e. The SMILES string of the molecule is COc1ccc(CC[C@]2(C)NC(=O)N(CC(=O)N[C@H](C)c3ccc(-c4ccccc4)cc3)C2=O)cc1. The smallest absolute Gasteiger partial charge is 0.325 e. The summed E-state index contributed by atoms with van der Waals surface area (Å²) >= 11 is 0. The zero-order chi connectivity index (χ0) is 25.7. The Bertz CT molecular complexity index is 1230. The lowest BCUT2D eigenvalue weighted by atomic mass is 9.93.